The Morgan fingerprint density at radius 1 is 1.50 bits per heavy atom. The average Bonchev–Trinajstić information content (AvgIpc) is 2.91. The van der Waals surface area contributed by atoms with Crippen LogP contribution in [-0.2, 0) is 10.0 Å². The summed E-state index contributed by atoms with van der Waals surface area (Å²) in [5.41, 5.74) is 6.41. The quantitative estimate of drug-likeness (QED) is 0.639. The molecule has 1 aliphatic heterocycles. The summed E-state index contributed by atoms with van der Waals surface area (Å²) in [6.45, 7) is 0. The van der Waals surface area contributed by atoms with Crippen molar-refractivity contribution < 1.29 is 8.42 Å². The third-order valence-electron chi connectivity index (χ3n) is 3.33. The van der Waals surface area contributed by atoms with Gasteiger partial charge in [-0.05, 0) is 30.4 Å². The van der Waals surface area contributed by atoms with Crippen LogP contribution in [0.1, 0.15) is 6.42 Å². The van der Waals surface area contributed by atoms with Crippen molar-refractivity contribution in [1.82, 2.24) is 4.31 Å². The Morgan fingerprint density at radius 2 is 2.30 bits per heavy atom. The van der Waals surface area contributed by atoms with E-state index in [1.165, 1.54) is 11.8 Å². The molecule has 1 aromatic carbocycles. The fourth-order valence-electron chi connectivity index (χ4n) is 2.05. The van der Waals surface area contributed by atoms with E-state index in [9.17, 15) is 8.42 Å². The molecule has 7 heteroatoms. The van der Waals surface area contributed by atoms with Crippen LogP contribution in [0.25, 0.3) is 0 Å². The Morgan fingerprint density at radius 3 is 2.95 bits per heavy atom. The summed E-state index contributed by atoms with van der Waals surface area (Å²) < 4.78 is 26.1. The predicted octanol–water partition coefficient (Wildman–Crippen LogP) is 2.13. The lowest BCUT2D eigenvalue weighted by atomic mass is 10.3. The van der Waals surface area contributed by atoms with Crippen molar-refractivity contribution >= 4 is 39.2 Å². The number of nitrogens with zero attached hydrogens (tertiary/aromatic N) is 1. The van der Waals surface area contributed by atoms with E-state index in [0.29, 0.717) is 11.4 Å². The van der Waals surface area contributed by atoms with Gasteiger partial charge >= 0.3 is 0 Å². The van der Waals surface area contributed by atoms with Gasteiger partial charge in [-0.15, -0.1) is 11.8 Å². The van der Waals surface area contributed by atoms with Crippen LogP contribution in [-0.4, -0.2) is 48.8 Å². The summed E-state index contributed by atoms with van der Waals surface area (Å²) in [5.74, 6) is 2.70. The summed E-state index contributed by atoms with van der Waals surface area (Å²) >= 11 is 3.35. The Bertz CT molecular complexity index is 542. The highest BCUT2D eigenvalue weighted by molar-refractivity contribution is 8.00. The Labute approximate surface area is 129 Å². The van der Waals surface area contributed by atoms with E-state index in [0.717, 1.165) is 22.8 Å². The monoisotopic (exact) mass is 332 g/mol. The second-order valence-electron chi connectivity index (χ2n) is 4.77. The van der Waals surface area contributed by atoms with Gasteiger partial charge in [0.25, 0.3) is 0 Å². The van der Waals surface area contributed by atoms with Gasteiger partial charge in [-0.25, -0.2) is 12.7 Å². The van der Waals surface area contributed by atoms with Crippen LogP contribution < -0.4 is 5.73 Å². The maximum Gasteiger partial charge on any atom is 0.214 e. The van der Waals surface area contributed by atoms with E-state index in [1.807, 2.05) is 36.0 Å². The van der Waals surface area contributed by atoms with Crippen LogP contribution >= 0.6 is 23.5 Å². The van der Waals surface area contributed by atoms with Gasteiger partial charge in [0.2, 0.25) is 10.0 Å². The van der Waals surface area contributed by atoms with Crippen LogP contribution in [0.2, 0.25) is 0 Å². The van der Waals surface area contributed by atoms with E-state index in [4.69, 9.17) is 5.73 Å². The van der Waals surface area contributed by atoms with Crippen molar-refractivity contribution in [1.29, 1.82) is 0 Å². The molecule has 1 aromatic rings. The van der Waals surface area contributed by atoms with E-state index in [1.54, 1.807) is 11.4 Å². The van der Waals surface area contributed by atoms with Crippen LogP contribution in [0, 0.1) is 0 Å². The molecule has 0 spiro atoms. The number of nitrogens with two attached hydrogens (primary N) is 1. The van der Waals surface area contributed by atoms with Crippen molar-refractivity contribution in [2.45, 2.75) is 17.4 Å². The van der Waals surface area contributed by atoms with Crippen molar-refractivity contribution in [3.63, 3.8) is 0 Å². The van der Waals surface area contributed by atoms with Crippen LogP contribution in [0.15, 0.2) is 29.2 Å². The first-order valence-corrected chi connectivity index (χ1v) is 10.3. The van der Waals surface area contributed by atoms with E-state index in [-0.39, 0.29) is 11.8 Å². The number of thioether (sulfide) groups is 2. The zero-order valence-corrected chi connectivity index (χ0v) is 13.9. The molecule has 0 aromatic heterocycles. The van der Waals surface area contributed by atoms with Crippen molar-refractivity contribution in [2.24, 2.45) is 0 Å². The molecule has 0 amide bonds. The van der Waals surface area contributed by atoms with Gasteiger partial charge in [-0.1, -0.05) is 6.07 Å². The number of hydrogen-bond donors (Lipinski definition) is 1. The Kier molecular flexibility index (Phi) is 5.65. The summed E-state index contributed by atoms with van der Waals surface area (Å²) in [7, 11) is -1.45. The SMILES string of the molecule is CN(C1CCSC1)S(=O)(=O)CCSc1cccc(N)c1. The highest BCUT2D eigenvalue weighted by Gasteiger charge is 2.28. The molecule has 0 saturated carbocycles. The van der Waals surface area contributed by atoms with Crippen molar-refractivity contribution in [3.8, 4) is 0 Å². The first-order valence-electron chi connectivity index (χ1n) is 6.51. The fourth-order valence-corrected chi connectivity index (χ4v) is 6.14. The number of hydrogen-bond acceptors (Lipinski definition) is 5. The molecule has 112 valence electrons. The fraction of sp³-hybridized carbons (Fsp3) is 0.538. The molecule has 1 unspecified atom stereocenters. The van der Waals surface area contributed by atoms with Gasteiger partial charge in [0.15, 0.2) is 0 Å². The number of anilines is 1. The third kappa shape index (κ3) is 4.31. The first kappa shape index (κ1) is 16.0. The van der Waals surface area contributed by atoms with Crippen molar-refractivity contribution in [3.05, 3.63) is 24.3 Å². The minimum atomic E-state index is -3.16. The maximum atomic E-state index is 12.3. The molecule has 2 N–H and O–H groups in total. The lowest BCUT2D eigenvalue weighted by molar-refractivity contribution is 0.395. The largest absolute Gasteiger partial charge is 0.399 e. The minimum absolute atomic E-state index is 0.169. The topological polar surface area (TPSA) is 63.4 Å². The second kappa shape index (κ2) is 7.06. The lowest BCUT2D eigenvalue weighted by Gasteiger charge is -2.22. The van der Waals surface area contributed by atoms with Crippen LogP contribution in [0.5, 0.6) is 0 Å². The van der Waals surface area contributed by atoms with Crippen LogP contribution in [0.3, 0.4) is 0 Å². The first-order chi connectivity index (χ1) is 9.49. The zero-order chi connectivity index (χ0) is 14.6. The molecule has 1 fully saturated rings. The number of rotatable bonds is 6. The third-order valence-corrected chi connectivity index (χ3v) is 7.62. The highest BCUT2D eigenvalue weighted by atomic mass is 32.2. The summed E-state index contributed by atoms with van der Waals surface area (Å²) in [6, 6.07) is 7.70. The molecule has 0 aliphatic carbocycles. The standard InChI is InChI=1S/C13H20N2O2S3/c1-15(12-5-6-18-10-12)20(16,17)8-7-19-13-4-2-3-11(14)9-13/h2-4,9,12H,5-8,10,14H2,1H3. The molecule has 1 atom stereocenters. The molecular formula is C13H20N2O2S3. The maximum absolute atomic E-state index is 12.3. The van der Waals surface area contributed by atoms with Gasteiger partial charge in [-0.2, -0.15) is 11.8 Å². The number of sulfonamides is 1. The second-order valence-corrected chi connectivity index (χ2v) is 9.24. The lowest BCUT2D eigenvalue weighted by Crippen LogP contribution is -2.38. The molecule has 20 heavy (non-hydrogen) atoms. The normalized spacial score (nSPS) is 19.6. The summed E-state index contributed by atoms with van der Waals surface area (Å²) in [5, 5.41) is 0. The van der Waals surface area contributed by atoms with E-state index in [2.05, 4.69) is 0 Å². The number of nitrogen functional groups attached to an aromatic ring is 1. The molecule has 1 heterocycles. The molecule has 4 nitrogen and oxygen atoms in total. The summed E-state index contributed by atoms with van der Waals surface area (Å²) in [4.78, 5) is 1.01. The smallest absolute Gasteiger partial charge is 0.214 e. The summed E-state index contributed by atoms with van der Waals surface area (Å²) in [6.07, 6.45) is 0.961. The molecule has 2 rings (SSSR count). The average molecular weight is 333 g/mol. The highest BCUT2D eigenvalue weighted by Crippen LogP contribution is 2.25. The minimum Gasteiger partial charge on any atom is -0.399 e. The number of benzene rings is 1. The molecule has 0 radical (unpaired) electrons. The van der Waals surface area contributed by atoms with E-state index >= 15 is 0 Å². The molecule has 1 aliphatic rings. The van der Waals surface area contributed by atoms with Crippen LogP contribution in [0.4, 0.5) is 5.69 Å². The zero-order valence-electron chi connectivity index (χ0n) is 11.5. The molecule has 1 saturated heterocycles. The Balaban J connectivity index is 1.86. The van der Waals surface area contributed by atoms with Gasteiger partial charge < -0.3 is 5.73 Å². The van der Waals surface area contributed by atoms with Gasteiger partial charge in [0.1, 0.15) is 0 Å². The van der Waals surface area contributed by atoms with E-state index < -0.39 is 10.0 Å². The molecule has 0 bridgehead atoms. The predicted molar refractivity (Wildman–Crippen MR) is 88.9 cm³/mol. The molecular weight excluding hydrogens is 312 g/mol. The van der Waals surface area contributed by atoms with Gasteiger partial charge in [0, 0.05) is 35.2 Å². The van der Waals surface area contributed by atoms with Gasteiger partial charge in [0.05, 0.1) is 5.75 Å². The Hall–Kier alpha value is -0.370. The van der Waals surface area contributed by atoms with Crippen molar-refractivity contribution in [2.75, 3.05) is 35.8 Å². The van der Waals surface area contributed by atoms with Gasteiger partial charge in [-0.3, -0.25) is 0 Å².